The van der Waals surface area contributed by atoms with Crippen LogP contribution in [0.5, 0.6) is 0 Å². The number of carbonyl (C=O) groups excluding carboxylic acids is 1. The van der Waals surface area contributed by atoms with E-state index in [9.17, 15) is 4.79 Å². The first-order chi connectivity index (χ1) is 13.1. The summed E-state index contributed by atoms with van der Waals surface area (Å²) in [6.45, 7) is 10.7. The highest BCUT2D eigenvalue weighted by molar-refractivity contribution is 5.94. The Hall–Kier alpha value is -2.17. The number of nitrogens with one attached hydrogen (secondary N) is 1. The Balaban J connectivity index is 1.68. The zero-order valence-corrected chi connectivity index (χ0v) is 16.6. The maximum Gasteiger partial charge on any atom is 0.251 e. The van der Waals surface area contributed by atoms with Gasteiger partial charge in [0, 0.05) is 25.2 Å². The summed E-state index contributed by atoms with van der Waals surface area (Å²) < 4.78 is 5.41. The zero-order valence-electron chi connectivity index (χ0n) is 16.6. The molecule has 4 nitrogen and oxygen atoms in total. The van der Waals surface area contributed by atoms with Crippen molar-refractivity contribution in [2.75, 3.05) is 26.3 Å². The van der Waals surface area contributed by atoms with Crippen LogP contribution in [0.15, 0.2) is 42.5 Å². The maximum absolute atomic E-state index is 12.8. The van der Waals surface area contributed by atoms with Gasteiger partial charge in [0.25, 0.3) is 5.91 Å². The van der Waals surface area contributed by atoms with Crippen LogP contribution >= 0.6 is 0 Å². The van der Waals surface area contributed by atoms with Crippen molar-refractivity contribution in [2.45, 2.75) is 39.8 Å². The number of ether oxygens (including phenoxy) is 1. The lowest BCUT2D eigenvalue weighted by Crippen LogP contribution is -2.35. The molecule has 0 saturated carbocycles. The summed E-state index contributed by atoms with van der Waals surface area (Å²) in [5, 5.41) is 3.20. The molecule has 0 bridgehead atoms. The first kappa shape index (κ1) is 19.6. The molecule has 1 atom stereocenters. The normalized spacial score (nSPS) is 16.1. The summed E-state index contributed by atoms with van der Waals surface area (Å²) in [6.07, 6.45) is 0.863. The summed E-state index contributed by atoms with van der Waals surface area (Å²) in [5.41, 5.74) is 5.59. The molecule has 0 aliphatic carbocycles. The number of rotatable bonds is 6. The van der Waals surface area contributed by atoms with Crippen molar-refractivity contribution in [1.29, 1.82) is 0 Å². The quantitative estimate of drug-likeness (QED) is 0.840. The Labute approximate surface area is 162 Å². The SMILES string of the molecule is CC[C@H](NC(=O)c1cccc(CN2CCOCC2)c1)c1ccc(C)c(C)c1. The van der Waals surface area contributed by atoms with E-state index >= 15 is 0 Å². The summed E-state index contributed by atoms with van der Waals surface area (Å²) in [4.78, 5) is 15.2. The Bertz CT molecular complexity index is 782. The predicted octanol–water partition coefficient (Wildman–Crippen LogP) is 4.02. The molecule has 0 spiro atoms. The van der Waals surface area contributed by atoms with Gasteiger partial charge in [-0.05, 0) is 54.7 Å². The van der Waals surface area contributed by atoms with Gasteiger partial charge in [-0.25, -0.2) is 0 Å². The molecule has 1 fully saturated rings. The molecule has 0 aromatic heterocycles. The van der Waals surface area contributed by atoms with E-state index in [-0.39, 0.29) is 11.9 Å². The molecule has 2 aromatic carbocycles. The molecule has 144 valence electrons. The Morgan fingerprint density at radius 1 is 1.11 bits per heavy atom. The van der Waals surface area contributed by atoms with E-state index in [4.69, 9.17) is 4.74 Å². The fourth-order valence-corrected chi connectivity index (χ4v) is 3.47. The van der Waals surface area contributed by atoms with Gasteiger partial charge in [0.05, 0.1) is 19.3 Å². The van der Waals surface area contributed by atoms with E-state index < -0.39 is 0 Å². The van der Waals surface area contributed by atoms with Gasteiger partial charge >= 0.3 is 0 Å². The number of hydrogen-bond acceptors (Lipinski definition) is 3. The number of nitrogens with zero attached hydrogens (tertiary/aromatic N) is 1. The van der Waals surface area contributed by atoms with Crippen molar-refractivity contribution in [2.24, 2.45) is 0 Å². The lowest BCUT2D eigenvalue weighted by atomic mass is 9.99. The van der Waals surface area contributed by atoms with Gasteiger partial charge < -0.3 is 10.1 Å². The fraction of sp³-hybridized carbons (Fsp3) is 0.435. The molecule has 1 aliphatic rings. The van der Waals surface area contributed by atoms with Gasteiger partial charge in [-0.15, -0.1) is 0 Å². The van der Waals surface area contributed by atoms with Crippen molar-refractivity contribution >= 4 is 5.91 Å². The molecule has 0 unspecified atom stereocenters. The van der Waals surface area contributed by atoms with Gasteiger partial charge in [-0.3, -0.25) is 9.69 Å². The third-order valence-corrected chi connectivity index (χ3v) is 5.35. The second kappa shape index (κ2) is 9.16. The van der Waals surface area contributed by atoms with E-state index in [0.29, 0.717) is 0 Å². The Morgan fingerprint density at radius 2 is 1.89 bits per heavy atom. The number of aryl methyl sites for hydroxylation is 2. The number of carbonyl (C=O) groups is 1. The van der Waals surface area contributed by atoms with E-state index in [1.807, 2.05) is 18.2 Å². The Kier molecular flexibility index (Phi) is 6.64. The van der Waals surface area contributed by atoms with Crippen molar-refractivity contribution < 1.29 is 9.53 Å². The standard InChI is InChI=1S/C23H30N2O2/c1-4-22(20-9-8-17(2)18(3)14-20)24-23(26)21-7-5-6-19(15-21)16-25-10-12-27-13-11-25/h5-9,14-15,22H,4,10-13,16H2,1-3H3,(H,24,26)/t22-/m0/s1. The summed E-state index contributed by atoms with van der Waals surface area (Å²) >= 11 is 0. The lowest BCUT2D eigenvalue weighted by Gasteiger charge is -2.26. The van der Waals surface area contributed by atoms with Crippen molar-refractivity contribution in [3.8, 4) is 0 Å². The summed E-state index contributed by atoms with van der Waals surface area (Å²) in [7, 11) is 0. The molecule has 27 heavy (non-hydrogen) atoms. The molecule has 4 heteroatoms. The molecule has 3 rings (SSSR count). The minimum Gasteiger partial charge on any atom is -0.379 e. The first-order valence-electron chi connectivity index (χ1n) is 9.84. The van der Waals surface area contributed by atoms with Crippen LogP contribution in [-0.4, -0.2) is 37.1 Å². The highest BCUT2D eigenvalue weighted by atomic mass is 16.5. The highest BCUT2D eigenvalue weighted by Gasteiger charge is 2.16. The van der Waals surface area contributed by atoms with Crippen LogP contribution in [0.3, 0.4) is 0 Å². The largest absolute Gasteiger partial charge is 0.379 e. The minimum atomic E-state index is -0.0103. The van der Waals surface area contributed by atoms with Crippen LogP contribution in [0.25, 0.3) is 0 Å². The predicted molar refractivity (Wildman–Crippen MR) is 109 cm³/mol. The summed E-state index contributed by atoms with van der Waals surface area (Å²) in [6, 6.07) is 14.4. The number of amides is 1. The van der Waals surface area contributed by atoms with Crippen LogP contribution in [-0.2, 0) is 11.3 Å². The third kappa shape index (κ3) is 5.18. The van der Waals surface area contributed by atoms with Gasteiger partial charge in [-0.2, -0.15) is 0 Å². The van der Waals surface area contributed by atoms with E-state index in [2.05, 4.69) is 55.3 Å². The average molecular weight is 367 g/mol. The van der Waals surface area contributed by atoms with Gasteiger partial charge in [0.2, 0.25) is 0 Å². The number of benzene rings is 2. The van der Waals surface area contributed by atoms with E-state index in [0.717, 1.165) is 44.8 Å². The van der Waals surface area contributed by atoms with E-state index in [1.54, 1.807) is 0 Å². The van der Waals surface area contributed by atoms with Crippen molar-refractivity contribution in [3.05, 3.63) is 70.3 Å². The summed E-state index contributed by atoms with van der Waals surface area (Å²) in [5.74, 6) is -0.0103. The zero-order chi connectivity index (χ0) is 19.2. The molecular formula is C23H30N2O2. The molecule has 1 N–H and O–H groups in total. The van der Waals surface area contributed by atoms with Crippen LogP contribution in [0.4, 0.5) is 0 Å². The van der Waals surface area contributed by atoms with Gasteiger partial charge in [-0.1, -0.05) is 37.3 Å². The minimum absolute atomic E-state index is 0.0103. The maximum atomic E-state index is 12.8. The Morgan fingerprint density at radius 3 is 2.59 bits per heavy atom. The van der Waals surface area contributed by atoms with Crippen LogP contribution in [0.1, 0.15) is 52.0 Å². The molecule has 1 aliphatic heterocycles. The molecule has 2 aromatic rings. The second-order valence-electron chi connectivity index (χ2n) is 7.37. The fourth-order valence-electron chi connectivity index (χ4n) is 3.47. The van der Waals surface area contributed by atoms with Crippen LogP contribution < -0.4 is 5.32 Å². The lowest BCUT2D eigenvalue weighted by molar-refractivity contribution is 0.0342. The number of hydrogen-bond donors (Lipinski definition) is 1. The van der Waals surface area contributed by atoms with Crippen LogP contribution in [0.2, 0.25) is 0 Å². The molecule has 1 saturated heterocycles. The average Bonchev–Trinajstić information content (AvgIpc) is 2.69. The van der Waals surface area contributed by atoms with Crippen molar-refractivity contribution in [3.63, 3.8) is 0 Å². The van der Waals surface area contributed by atoms with Gasteiger partial charge in [0.15, 0.2) is 0 Å². The smallest absolute Gasteiger partial charge is 0.251 e. The van der Waals surface area contributed by atoms with E-state index in [1.165, 1.54) is 22.3 Å². The molecule has 1 amide bonds. The third-order valence-electron chi connectivity index (χ3n) is 5.35. The first-order valence-corrected chi connectivity index (χ1v) is 9.84. The monoisotopic (exact) mass is 366 g/mol. The molecular weight excluding hydrogens is 336 g/mol. The topological polar surface area (TPSA) is 41.6 Å². The van der Waals surface area contributed by atoms with Gasteiger partial charge in [0.1, 0.15) is 0 Å². The second-order valence-corrected chi connectivity index (χ2v) is 7.37. The van der Waals surface area contributed by atoms with Crippen molar-refractivity contribution in [1.82, 2.24) is 10.2 Å². The number of morpholine rings is 1. The highest BCUT2D eigenvalue weighted by Crippen LogP contribution is 2.21. The molecule has 1 heterocycles. The molecule has 0 radical (unpaired) electrons. The van der Waals surface area contributed by atoms with Crippen LogP contribution in [0, 0.1) is 13.8 Å².